The highest BCUT2D eigenvalue weighted by Crippen LogP contribution is 2.22. The third-order valence-electron chi connectivity index (χ3n) is 4.59. The summed E-state index contributed by atoms with van der Waals surface area (Å²) in [6.07, 6.45) is 2.13. The summed E-state index contributed by atoms with van der Waals surface area (Å²) in [5.74, 6) is 0.483. The molecular weight excluding hydrogens is 344 g/mol. The van der Waals surface area contributed by atoms with Gasteiger partial charge in [0.25, 0.3) is 5.91 Å². The Morgan fingerprint density at radius 2 is 2.19 bits per heavy atom. The van der Waals surface area contributed by atoms with Crippen molar-refractivity contribution in [3.8, 4) is 6.07 Å². The number of rotatable bonds is 6. The second-order valence-electron chi connectivity index (χ2n) is 6.52. The van der Waals surface area contributed by atoms with Gasteiger partial charge in [0.1, 0.15) is 5.76 Å². The molecule has 0 unspecified atom stereocenters. The molecule has 1 aliphatic heterocycles. The van der Waals surface area contributed by atoms with Crippen LogP contribution < -0.4 is 10.6 Å². The standard InChI is InChI=1S/C20H22N4O3/c1-2-22-20(26)18-10-16(12-24(18)13-17-7-4-8-27-17)23-19(25)15-6-3-5-14(9-15)11-21/h3-9,16,18H,2,10,12-13H2,1H3,(H,22,26)(H,23,25)/t16-,18-/m0/s1. The number of amides is 2. The van der Waals surface area contributed by atoms with Crippen LogP contribution in [0, 0.1) is 11.3 Å². The van der Waals surface area contributed by atoms with Crippen LogP contribution in [0.2, 0.25) is 0 Å². The van der Waals surface area contributed by atoms with Gasteiger partial charge in [0.15, 0.2) is 0 Å². The zero-order valence-corrected chi connectivity index (χ0v) is 15.1. The van der Waals surface area contributed by atoms with Crippen LogP contribution in [0.25, 0.3) is 0 Å². The van der Waals surface area contributed by atoms with E-state index in [1.54, 1.807) is 30.5 Å². The van der Waals surface area contributed by atoms with Gasteiger partial charge in [-0.05, 0) is 43.7 Å². The molecule has 1 aliphatic rings. The Morgan fingerprint density at radius 1 is 1.33 bits per heavy atom. The SMILES string of the molecule is CCNC(=O)[C@@H]1C[C@H](NC(=O)c2cccc(C#N)c2)CN1Cc1ccco1. The van der Waals surface area contributed by atoms with E-state index >= 15 is 0 Å². The van der Waals surface area contributed by atoms with E-state index < -0.39 is 0 Å². The van der Waals surface area contributed by atoms with Crippen molar-refractivity contribution in [1.29, 1.82) is 5.26 Å². The number of carbonyl (C=O) groups is 2. The minimum atomic E-state index is -0.328. The summed E-state index contributed by atoms with van der Waals surface area (Å²) in [5, 5.41) is 14.8. The summed E-state index contributed by atoms with van der Waals surface area (Å²) in [6.45, 7) is 3.49. The van der Waals surface area contributed by atoms with E-state index in [0.29, 0.717) is 37.2 Å². The van der Waals surface area contributed by atoms with E-state index in [2.05, 4.69) is 10.6 Å². The van der Waals surface area contributed by atoms with Crippen molar-refractivity contribution in [2.75, 3.05) is 13.1 Å². The molecule has 2 N–H and O–H groups in total. The first-order valence-electron chi connectivity index (χ1n) is 8.96. The minimum absolute atomic E-state index is 0.0488. The summed E-state index contributed by atoms with van der Waals surface area (Å²) < 4.78 is 5.40. The van der Waals surface area contributed by atoms with E-state index in [1.165, 1.54) is 0 Å². The topological polar surface area (TPSA) is 98.4 Å². The molecule has 3 rings (SSSR count). The number of likely N-dealkylation sites (tertiary alicyclic amines) is 1. The molecule has 140 valence electrons. The van der Waals surface area contributed by atoms with Crippen LogP contribution in [0.3, 0.4) is 0 Å². The first-order valence-corrected chi connectivity index (χ1v) is 8.96. The molecule has 2 heterocycles. The van der Waals surface area contributed by atoms with Crippen LogP contribution in [0.5, 0.6) is 0 Å². The fourth-order valence-electron chi connectivity index (χ4n) is 3.35. The molecule has 1 fully saturated rings. The predicted octanol–water partition coefficient (Wildman–Crippen LogP) is 1.66. The lowest BCUT2D eigenvalue weighted by molar-refractivity contribution is -0.125. The Labute approximate surface area is 158 Å². The summed E-state index contributed by atoms with van der Waals surface area (Å²) in [6, 6.07) is 11.8. The van der Waals surface area contributed by atoms with Crippen LogP contribution in [0.4, 0.5) is 0 Å². The van der Waals surface area contributed by atoms with Crippen molar-refractivity contribution in [1.82, 2.24) is 15.5 Å². The Kier molecular flexibility index (Phi) is 5.89. The molecule has 2 aromatic rings. The number of benzene rings is 1. The molecule has 7 heteroatoms. The van der Waals surface area contributed by atoms with Gasteiger partial charge in [-0.2, -0.15) is 5.26 Å². The molecule has 0 bridgehead atoms. The number of hydrogen-bond acceptors (Lipinski definition) is 5. The molecule has 0 radical (unpaired) electrons. The highest BCUT2D eigenvalue weighted by atomic mass is 16.3. The fraction of sp³-hybridized carbons (Fsp3) is 0.350. The second kappa shape index (κ2) is 8.52. The molecule has 0 aliphatic carbocycles. The Morgan fingerprint density at radius 3 is 2.89 bits per heavy atom. The summed E-state index contributed by atoms with van der Waals surface area (Å²) in [5.41, 5.74) is 0.877. The van der Waals surface area contributed by atoms with Gasteiger partial charge in [0.2, 0.25) is 5.91 Å². The molecule has 0 spiro atoms. The van der Waals surface area contributed by atoms with E-state index in [9.17, 15) is 9.59 Å². The first-order chi connectivity index (χ1) is 13.1. The maximum Gasteiger partial charge on any atom is 0.251 e. The summed E-state index contributed by atoms with van der Waals surface area (Å²) in [4.78, 5) is 27.0. The van der Waals surface area contributed by atoms with Crippen LogP contribution in [0.15, 0.2) is 47.1 Å². The highest BCUT2D eigenvalue weighted by molar-refractivity contribution is 5.94. The van der Waals surface area contributed by atoms with Crippen molar-refractivity contribution in [3.05, 3.63) is 59.5 Å². The molecule has 1 saturated heterocycles. The number of nitrogens with one attached hydrogen (secondary N) is 2. The second-order valence-corrected chi connectivity index (χ2v) is 6.52. The van der Waals surface area contributed by atoms with Crippen LogP contribution in [-0.2, 0) is 11.3 Å². The Bertz CT molecular complexity index is 841. The molecule has 0 saturated carbocycles. The normalized spacial score (nSPS) is 19.4. The van der Waals surface area contributed by atoms with Gasteiger partial charge in [-0.25, -0.2) is 0 Å². The number of carbonyl (C=O) groups excluding carboxylic acids is 2. The fourth-order valence-corrected chi connectivity index (χ4v) is 3.35. The molecular formula is C20H22N4O3. The first kappa shape index (κ1) is 18.7. The third kappa shape index (κ3) is 4.54. The molecule has 2 atom stereocenters. The molecule has 1 aromatic heterocycles. The highest BCUT2D eigenvalue weighted by Gasteiger charge is 2.37. The maximum absolute atomic E-state index is 12.5. The van der Waals surface area contributed by atoms with Gasteiger partial charge in [0.05, 0.1) is 30.5 Å². The smallest absolute Gasteiger partial charge is 0.251 e. The van der Waals surface area contributed by atoms with Gasteiger partial charge < -0.3 is 15.1 Å². The largest absolute Gasteiger partial charge is 0.468 e. The number of hydrogen-bond donors (Lipinski definition) is 2. The van der Waals surface area contributed by atoms with Crippen molar-refractivity contribution >= 4 is 11.8 Å². The lowest BCUT2D eigenvalue weighted by atomic mass is 10.1. The van der Waals surface area contributed by atoms with Crippen LogP contribution in [-0.4, -0.2) is 41.9 Å². The van der Waals surface area contributed by atoms with Gasteiger partial charge in [-0.1, -0.05) is 6.07 Å². The molecule has 7 nitrogen and oxygen atoms in total. The number of nitriles is 1. The molecule has 2 amide bonds. The zero-order valence-electron chi connectivity index (χ0n) is 15.1. The van der Waals surface area contributed by atoms with Crippen molar-refractivity contribution in [2.24, 2.45) is 0 Å². The molecule has 1 aromatic carbocycles. The van der Waals surface area contributed by atoms with Gasteiger partial charge >= 0.3 is 0 Å². The third-order valence-corrected chi connectivity index (χ3v) is 4.59. The number of likely N-dealkylation sites (N-methyl/N-ethyl adjacent to an activating group) is 1. The van der Waals surface area contributed by atoms with E-state index in [-0.39, 0.29) is 23.9 Å². The van der Waals surface area contributed by atoms with E-state index in [1.807, 2.05) is 30.0 Å². The number of nitrogens with zero attached hydrogens (tertiary/aromatic N) is 2. The Hall–Kier alpha value is -3.11. The maximum atomic E-state index is 12.5. The van der Waals surface area contributed by atoms with Gasteiger partial charge in [-0.15, -0.1) is 0 Å². The van der Waals surface area contributed by atoms with Crippen molar-refractivity contribution in [3.63, 3.8) is 0 Å². The van der Waals surface area contributed by atoms with Crippen LogP contribution in [0.1, 0.15) is 35.0 Å². The van der Waals surface area contributed by atoms with Crippen molar-refractivity contribution in [2.45, 2.75) is 32.0 Å². The van der Waals surface area contributed by atoms with Crippen molar-refractivity contribution < 1.29 is 14.0 Å². The lowest BCUT2D eigenvalue weighted by Gasteiger charge is -2.22. The summed E-state index contributed by atoms with van der Waals surface area (Å²) in [7, 11) is 0. The van der Waals surface area contributed by atoms with Crippen LogP contribution >= 0.6 is 0 Å². The summed E-state index contributed by atoms with van der Waals surface area (Å²) >= 11 is 0. The quantitative estimate of drug-likeness (QED) is 0.810. The minimum Gasteiger partial charge on any atom is -0.468 e. The average molecular weight is 366 g/mol. The predicted molar refractivity (Wildman–Crippen MR) is 98.6 cm³/mol. The molecule has 27 heavy (non-hydrogen) atoms. The lowest BCUT2D eigenvalue weighted by Crippen LogP contribution is -2.42. The number of furan rings is 1. The van der Waals surface area contributed by atoms with E-state index in [0.717, 1.165) is 5.76 Å². The Balaban J connectivity index is 1.69. The van der Waals surface area contributed by atoms with Gasteiger partial charge in [-0.3, -0.25) is 14.5 Å². The van der Waals surface area contributed by atoms with E-state index in [4.69, 9.17) is 9.68 Å². The zero-order chi connectivity index (χ0) is 19.2. The average Bonchev–Trinajstić information content (AvgIpc) is 3.32. The monoisotopic (exact) mass is 366 g/mol. The van der Waals surface area contributed by atoms with Gasteiger partial charge in [0, 0.05) is 24.7 Å².